The Morgan fingerprint density at radius 1 is 0.426 bits per heavy atom. The molecule has 0 nitrogen and oxygen atoms in total. The van der Waals surface area contributed by atoms with Crippen LogP contribution in [0.4, 0.5) is 0 Å². The van der Waals surface area contributed by atoms with Crippen molar-refractivity contribution in [2.24, 2.45) is 0 Å². The first-order chi connectivity index (χ1) is 22.9. The van der Waals surface area contributed by atoms with Crippen LogP contribution in [0.25, 0.3) is 78.5 Å². The van der Waals surface area contributed by atoms with Gasteiger partial charge in [-0.25, -0.2) is 0 Å². The van der Waals surface area contributed by atoms with E-state index in [1.807, 2.05) is 0 Å². The highest BCUT2D eigenvalue weighted by atomic mass is 28.3. The molecule has 0 spiro atoms. The summed E-state index contributed by atoms with van der Waals surface area (Å²) in [5, 5.41) is 8.82. The maximum absolute atomic E-state index is 2.64. The minimum absolute atomic E-state index is 1.04. The highest BCUT2D eigenvalue weighted by molar-refractivity contribution is 7.09. The minimum atomic E-state index is -2.21. The first-order valence-corrected chi connectivity index (χ1v) is 20.0. The summed E-state index contributed by atoms with van der Waals surface area (Å²) in [5.74, 6) is 0. The molecule has 1 heteroatoms. The Kier molecular flexibility index (Phi) is 5.51. The molecule has 10 rings (SSSR count). The van der Waals surface area contributed by atoms with Crippen molar-refractivity contribution in [1.29, 1.82) is 0 Å². The number of hydrogen-bond acceptors (Lipinski definition) is 0. The summed E-state index contributed by atoms with van der Waals surface area (Å²) in [6, 6.07) is 37.2. The van der Waals surface area contributed by atoms with Crippen LogP contribution in [0.15, 0.2) is 108 Å². The van der Waals surface area contributed by atoms with Crippen molar-refractivity contribution in [3.8, 4) is 22.3 Å². The van der Waals surface area contributed by atoms with Crippen LogP contribution in [0.3, 0.4) is 0 Å². The van der Waals surface area contributed by atoms with Crippen LogP contribution in [0, 0.1) is 0 Å². The fraction of sp³-hybridized carbons (Fsp3) is 0.130. The summed E-state index contributed by atoms with van der Waals surface area (Å²) in [6.45, 7) is 10.1. The maximum atomic E-state index is 2.64. The lowest BCUT2D eigenvalue weighted by Crippen LogP contribution is -2.31. The molecule has 4 aliphatic carbocycles. The summed E-state index contributed by atoms with van der Waals surface area (Å²) in [5.41, 5.74) is 20.0. The third-order valence-electron chi connectivity index (χ3n) is 11.5. The molecule has 0 unspecified atom stereocenters. The standard InChI is InChI=1S/C46H36Si/c1-27-25-33-11-7-15-39(35-23-21-31-19-17-29-9-5-13-37(35)41(29)31)43(33)45(27)47(3,4)46-28(2)26-34-12-8-16-40(44(34)46)36-24-22-32-20-18-30-10-6-14-38(36)42(30)32/h5-24H,25-26H2,1-4H3. The molecule has 0 heterocycles. The molecule has 0 bridgehead atoms. The van der Waals surface area contributed by atoms with E-state index >= 15 is 0 Å². The topological polar surface area (TPSA) is 0 Å². The third-order valence-corrected chi connectivity index (χ3v) is 15.3. The number of hydrogen-bond donors (Lipinski definition) is 0. The SMILES string of the molecule is CC1=C([Si](C)(C)C2=C(C)Cc3cccc(-c4ccc5c6c(cccc46)C=C5)c32)c2c(cccc2-c2ccc3c4c(cccc24)C=C3)C1. The first kappa shape index (κ1) is 27.2. The van der Waals surface area contributed by atoms with Gasteiger partial charge in [0.05, 0.1) is 0 Å². The highest BCUT2D eigenvalue weighted by Gasteiger charge is 2.42. The number of benzene rings is 6. The van der Waals surface area contributed by atoms with Gasteiger partial charge in [-0.3, -0.25) is 0 Å². The van der Waals surface area contributed by atoms with E-state index in [-0.39, 0.29) is 0 Å². The zero-order chi connectivity index (χ0) is 31.6. The highest BCUT2D eigenvalue weighted by Crippen LogP contribution is 2.53. The van der Waals surface area contributed by atoms with Crippen molar-refractivity contribution in [3.05, 3.63) is 153 Å². The van der Waals surface area contributed by atoms with Crippen LogP contribution in [0.1, 0.15) is 58.4 Å². The van der Waals surface area contributed by atoms with Gasteiger partial charge in [0.2, 0.25) is 0 Å². The molecule has 0 N–H and O–H groups in total. The quantitative estimate of drug-likeness (QED) is 0.173. The lowest BCUT2D eigenvalue weighted by atomic mass is 9.91. The lowest BCUT2D eigenvalue weighted by molar-refractivity contribution is 1.19. The summed E-state index contributed by atoms with van der Waals surface area (Å²) < 4.78 is 0. The van der Waals surface area contributed by atoms with Gasteiger partial charge in [0, 0.05) is 0 Å². The first-order valence-electron chi connectivity index (χ1n) is 17.0. The maximum Gasteiger partial charge on any atom is 0.113 e. The molecule has 0 saturated heterocycles. The Labute approximate surface area is 278 Å². The molecule has 0 aromatic heterocycles. The van der Waals surface area contributed by atoms with Crippen molar-refractivity contribution in [2.45, 2.75) is 39.8 Å². The monoisotopic (exact) mass is 616 g/mol. The van der Waals surface area contributed by atoms with E-state index in [0.717, 1.165) is 12.8 Å². The van der Waals surface area contributed by atoms with Crippen LogP contribution in [0.5, 0.6) is 0 Å². The van der Waals surface area contributed by atoms with Gasteiger partial charge in [-0.1, -0.05) is 146 Å². The van der Waals surface area contributed by atoms with Crippen molar-refractivity contribution in [3.63, 3.8) is 0 Å². The van der Waals surface area contributed by atoms with Crippen molar-refractivity contribution < 1.29 is 0 Å². The fourth-order valence-electron chi connectivity index (χ4n) is 9.84. The van der Waals surface area contributed by atoms with Gasteiger partial charge in [-0.15, -0.1) is 0 Å². The molecular formula is C46H36Si. The van der Waals surface area contributed by atoms with E-state index in [9.17, 15) is 0 Å². The van der Waals surface area contributed by atoms with Gasteiger partial charge in [-0.2, -0.15) is 0 Å². The van der Waals surface area contributed by atoms with Crippen LogP contribution in [-0.2, 0) is 12.8 Å². The van der Waals surface area contributed by atoms with Gasteiger partial charge in [-0.05, 0) is 125 Å². The predicted molar refractivity (Wildman–Crippen MR) is 207 cm³/mol. The molecule has 0 aliphatic heterocycles. The average Bonchev–Trinajstić information content (AvgIpc) is 3.85. The molecule has 6 aromatic carbocycles. The van der Waals surface area contributed by atoms with Gasteiger partial charge < -0.3 is 0 Å². The molecule has 4 aliphatic rings. The lowest BCUT2D eigenvalue weighted by Gasteiger charge is -2.32. The molecule has 224 valence electrons. The van der Waals surface area contributed by atoms with Crippen LogP contribution >= 0.6 is 0 Å². The van der Waals surface area contributed by atoms with E-state index in [2.05, 4.69) is 148 Å². The van der Waals surface area contributed by atoms with E-state index < -0.39 is 8.07 Å². The summed E-state index contributed by atoms with van der Waals surface area (Å²) in [6.07, 6.45) is 11.2. The minimum Gasteiger partial charge on any atom is -0.0686 e. The zero-order valence-corrected chi connectivity index (χ0v) is 28.5. The molecule has 0 saturated carbocycles. The Bertz CT molecular complexity index is 2340. The van der Waals surface area contributed by atoms with Crippen molar-refractivity contribution >= 4 is 64.3 Å². The number of allylic oxidation sites excluding steroid dienone is 2. The van der Waals surface area contributed by atoms with Gasteiger partial charge in [0.15, 0.2) is 0 Å². The molecule has 0 amide bonds. The van der Waals surface area contributed by atoms with E-state index in [1.165, 1.54) is 88.3 Å². The largest absolute Gasteiger partial charge is 0.113 e. The zero-order valence-electron chi connectivity index (χ0n) is 27.5. The molecule has 6 aromatic rings. The summed E-state index contributed by atoms with van der Waals surface area (Å²) in [4.78, 5) is 0. The summed E-state index contributed by atoms with van der Waals surface area (Å²) in [7, 11) is -2.21. The summed E-state index contributed by atoms with van der Waals surface area (Å²) >= 11 is 0. The van der Waals surface area contributed by atoms with Gasteiger partial charge in [0.25, 0.3) is 0 Å². The second kappa shape index (κ2) is 9.53. The van der Waals surface area contributed by atoms with E-state index in [1.54, 1.807) is 21.5 Å². The fourth-order valence-corrected chi connectivity index (χ4v) is 14.2. The number of rotatable bonds is 4. The van der Waals surface area contributed by atoms with Crippen LogP contribution in [0.2, 0.25) is 13.1 Å². The van der Waals surface area contributed by atoms with Crippen molar-refractivity contribution in [2.75, 3.05) is 0 Å². The normalized spacial score (nSPS) is 15.6. The third kappa shape index (κ3) is 3.64. The Morgan fingerprint density at radius 2 is 0.830 bits per heavy atom. The molecule has 0 atom stereocenters. The Balaban J connectivity index is 1.18. The van der Waals surface area contributed by atoms with E-state index in [0.29, 0.717) is 0 Å². The van der Waals surface area contributed by atoms with Gasteiger partial charge in [0.1, 0.15) is 8.07 Å². The van der Waals surface area contributed by atoms with Crippen LogP contribution < -0.4 is 0 Å². The Hall–Kier alpha value is -4.98. The smallest absolute Gasteiger partial charge is 0.0686 e. The molecule has 0 radical (unpaired) electrons. The average molecular weight is 617 g/mol. The predicted octanol–water partition coefficient (Wildman–Crippen LogP) is 12.4. The molecule has 47 heavy (non-hydrogen) atoms. The van der Waals surface area contributed by atoms with Crippen molar-refractivity contribution in [1.82, 2.24) is 0 Å². The second-order valence-electron chi connectivity index (χ2n) is 14.6. The van der Waals surface area contributed by atoms with Gasteiger partial charge >= 0.3 is 0 Å². The molecular weight excluding hydrogens is 581 g/mol. The second-order valence-corrected chi connectivity index (χ2v) is 18.8. The Morgan fingerprint density at radius 3 is 1.28 bits per heavy atom. The van der Waals surface area contributed by atoms with E-state index in [4.69, 9.17) is 0 Å². The number of fused-ring (bicyclic) bond motifs is 2. The molecule has 0 fully saturated rings. The van der Waals surface area contributed by atoms with Crippen LogP contribution in [-0.4, -0.2) is 8.07 Å².